The fraction of sp³-hybridized carbons (Fsp3) is 0.133. The second kappa shape index (κ2) is 6.25. The zero-order chi connectivity index (χ0) is 13.7. The predicted octanol–water partition coefficient (Wildman–Crippen LogP) is 3.63. The van der Waals surface area contributed by atoms with E-state index in [-0.39, 0.29) is 6.61 Å². The lowest BCUT2D eigenvalue weighted by Gasteiger charge is -2.07. The van der Waals surface area contributed by atoms with Gasteiger partial charge in [-0.2, -0.15) is 0 Å². The molecule has 2 rings (SSSR count). The molecule has 19 heavy (non-hydrogen) atoms. The number of carbonyl (C=O) groups excluding carboxylic acids is 1. The van der Waals surface area contributed by atoms with Gasteiger partial charge in [-0.15, -0.1) is 0 Å². The van der Waals surface area contributed by atoms with Crippen LogP contribution in [-0.4, -0.2) is 12.6 Å². The molecule has 0 unspecified atom stereocenters. The molecule has 0 aliphatic heterocycles. The number of ether oxygens (including phenoxy) is 2. The molecule has 2 aromatic carbocycles. The quantitative estimate of drug-likeness (QED) is 0.632. The number of halogens is 1. The summed E-state index contributed by atoms with van der Waals surface area (Å²) < 4.78 is 10.4. The highest BCUT2D eigenvalue weighted by Crippen LogP contribution is 2.21. The van der Waals surface area contributed by atoms with E-state index in [0.29, 0.717) is 16.5 Å². The van der Waals surface area contributed by atoms with E-state index in [1.165, 1.54) is 0 Å². The minimum atomic E-state index is -0.453. The van der Waals surface area contributed by atoms with Crippen LogP contribution in [0.3, 0.4) is 0 Å². The summed E-state index contributed by atoms with van der Waals surface area (Å²) in [5.74, 6) is 0.640. The second-order valence-corrected chi connectivity index (χ2v) is 4.39. The van der Waals surface area contributed by atoms with Crippen molar-refractivity contribution in [2.24, 2.45) is 0 Å². The summed E-state index contributed by atoms with van der Waals surface area (Å²) in [5, 5.41) is 0.639. The molecule has 0 saturated carbocycles. The Balaban J connectivity index is 1.89. The SMILES string of the molecule is Cc1cc(OC(=O)COc2ccccc2)ccc1Cl. The molecule has 0 fully saturated rings. The fourth-order valence-electron chi connectivity index (χ4n) is 1.50. The van der Waals surface area contributed by atoms with Gasteiger partial charge in [0.1, 0.15) is 11.5 Å². The summed E-state index contributed by atoms with van der Waals surface area (Å²) in [6.45, 7) is 1.71. The summed E-state index contributed by atoms with van der Waals surface area (Å²) in [4.78, 5) is 11.6. The molecule has 0 radical (unpaired) electrons. The summed E-state index contributed by atoms with van der Waals surface area (Å²) in [6, 6.07) is 14.2. The van der Waals surface area contributed by atoms with E-state index in [1.54, 1.807) is 30.3 Å². The molecule has 4 heteroatoms. The van der Waals surface area contributed by atoms with Crippen molar-refractivity contribution >= 4 is 17.6 Å². The lowest BCUT2D eigenvalue weighted by atomic mass is 10.2. The van der Waals surface area contributed by atoms with E-state index < -0.39 is 5.97 Å². The van der Waals surface area contributed by atoms with Gasteiger partial charge in [0.05, 0.1) is 0 Å². The van der Waals surface area contributed by atoms with Crippen molar-refractivity contribution < 1.29 is 14.3 Å². The van der Waals surface area contributed by atoms with Crippen LogP contribution in [0.4, 0.5) is 0 Å². The van der Waals surface area contributed by atoms with Crippen LogP contribution < -0.4 is 9.47 Å². The van der Waals surface area contributed by atoms with Crippen LogP contribution in [-0.2, 0) is 4.79 Å². The minimum Gasteiger partial charge on any atom is -0.482 e. The van der Waals surface area contributed by atoms with Crippen LogP contribution in [0.2, 0.25) is 5.02 Å². The Morgan fingerprint density at radius 1 is 1.11 bits per heavy atom. The largest absolute Gasteiger partial charge is 0.482 e. The maximum atomic E-state index is 11.6. The Hall–Kier alpha value is -2.00. The Labute approximate surface area is 116 Å². The van der Waals surface area contributed by atoms with Gasteiger partial charge in [0.25, 0.3) is 0 Å². The van der Waals surface area contributed by atoms with Crippen LogP contribution in [0, 0.1) is 6.92 Å². The first-order valence-corrected chi connectivity index (χ1v) is 6.17. The van der Waals surface area contributed by atoms with Gasteiger partial charge in [-0.1, -0.05) is 29.8 Å². The van der Waals surface area contributed by atoms with E-state index in [4.69, 9.17) is 21.1 Å². The maximum Gasteiger partial charge on any atom is 0.349 e. The first-order valence-electron chi connectivity index (χ1n) is 5.80. The lowest BCUT2D eigenvalue weighted by molar-refractivity contribution is -0.136. The number of hydrogen-bond acceptors (Lipinski definition) is 3. The van der Waals surface area contributed by atoms with Crippen molar-refractivity contribution in [3.8, 4) is 11.5 Å². The smallest absolute Gasteiger partial charge is 0.349 e. The normalized spacial score (nSPS) is 10.0. The van der Waals surface area contributed by atoms with E-state index in [1.807, 2.05) is 25.1 Å². The standard InChI is InChI=1S/C15H13ClO3/c1-11-9-13(7-8-14(11)16)19-15(17)10-18-12-5-3-2-4-6-12/h2-9H,10H2,1H3. The van der Waals surface area contributed by atoms with Crippen LogP contribution in [0.5, 0.6) is 11.5 Å². The Kier molecular flexibility index (Phi) is 4.42. The van der Waals surface area contributed by atoms with Crippen LogP contribution in [0.1, 0.15) is 5.56 Å². The Morgan fingerprint density at radius 3 is 2.53 bits per heavy atom. The molecule has 2 aromatic rings. The van der Waals surface area contributed by atoms with E-state index in [9.17, 15) is 4.79 Å². The van der Waals surface area contributed by atoms with Gasteiger partial charge in [-0.3, -0.25) is 0 Å². The summed E-state index contributed by atoms with van der Waals surface area (Å²) in [7, 11) is 0. The summed E-state index contributed by atoms with van der Waals surface area (Å²) in [5.41, 5.74) is 0.857. The maximum absolute atomic E-state index is 11.6. The zero-order valence-corrected chi connectivity index (χ0v) is 11.2. The molecule has 3 nitrogen and oxygen atoms in total. The van der Waals surface area contributed by atoms with Gasteiger partial charge in [-0.05, 0) is 42.8 Å². The van der Waals surface area contributed by atoms with Gasteiger partial charge in [0.2, 0.25) is 0 Å². The number of aryl methyl sites for hydroxylation is 1. The number of hydrogen-bond donors (Lipinski definition) is 0. The predicted molar refractivity (Wildman–Crippen MR) is 73.8 cm³/mol. The third kappa shape index (κ3) is 4.00. The molecule has 98 valence electrons. The number of carbonyl (C=O) groups is 1. The first-order chi connectivity index (χ1) is 9.15. The average molecular weight is 277 g/mol. The fourth-order valence-corrected chi connectivity index (χ4v) is 1.62. The lowest BCUT2D eigenvalue weighted by Crippen LogP contribution is -2.17. The molecule has 0 N–H and O–H groups in total. The van der Waals surface area contributed by atoms with Crippen LogP contribution >= 0.6 is 11.6 Å². The van der Waals surface area contributed by atoms with Crippen LogP contribution in [0.15, 0.2) is 48.5 Å². The molecule has 0 heterocycles. The molecule has 0 amide bonds. The third-order valence-electron chi connectivity index (χ3n) is 2.46. The van der Waals surface area contributed by atoms with E-state index in [2.05, 4.69) is 0 Å². The van der Waals surface area contributed by atoms with Gasteiger partial charge >= 0.3 is 5.97 Å². The second-order valence-electron chi connectivity index (χ2n) is 3.99. The third-order valence-corrected chi connectivity index (χ3v) is 2.89. The highest BCUT2D eigenvalue weighted by molar-refractivity contribution is 6.31. The topological polar surface area (TPSA) is 35.5 Å². The molecule has 0 atom stereocenters. The van der Waals surface area contributed by atoms with E-state index in [0.717, 1.165) is 5.56 Å². The number of para-hydroxylation sites is 1. The van der Waals surface area contributed by atoms with Crippen LogP contribution in [0.25, 0.3) is 0 Å². The van der Waals surface area contributed by atoms with Gasteiger partial charge in [0.15, 0.2) is 6.61 Å². The highest BCUT2D eigenvalue weighted by Gasteiger charge is 2.07. The Bertz CT molecular complexity index is 567. The van der Waals surface area contributed by atoms with Gasteiger partial charge in [0, 0.05) is 5.02 Å². The number of benzene rings is 2. The molecular formula is C15H13ClO3. The molecule has 0 aromatic heterocycles. The number of esters is 1. The zero-order valence-electron chi connectivity index (χ0n) is 10.4. The van der Waals surface area contributed by atoms with E-state index >= 15 is 0 Å². The van der Waals surface area contributed by atoms with Crippen molar-refractivity contribution in [3.63, 3.8) is 0 Å². The Morgan fingerprint density at radius 2 is 1.84 bits per heavy atom. The molecule has 0 spiro atoms. The molecule has 0 saturated heterocycles. The average Bonchev–Trinajstić information content (AvgIpc) is 2.42. The van der Waals surface area contributed by atoms with Crippen molar-refractivity contribution in [1.82, 2.24) is 0 Å². The first kappa shape index (κ1) is 13.4. The van der Waals surface area contributed by atoms with Crippen molar-refractivity contribution in [1.29, 1.82) is 0 Å². The molecule has 0 aliphatic rings. The molecule has 0 bridgehead atoms. The minimum absolute atomic E-state index is 0.133. The van der Waals surface area contributed by atoms with Gasteiger partial charge in [-0.25, -0.2) is 4.79 Å². The van der Waals surface area contributed by atoms with Crippen molar-refractivity contribution in [2.45, 2.75) is 6.92 Å². The summed E-state index contributed by atoms with van der Waals surface area (Å²) in [6.07, 6.45) is 0. The highest BCUT2D eigenvalue weighted by atomic mass is 35.5. The van der Waals surface area contributed by atoms with Gasteiger partial charge < -0.3 is 9.47 Å². The summed E-state index contributed by atoms with van der Waals surface area (Å²) >= 11 is 5.89. The monoisotopic (exact) mass is 276 g/mol. The molecule has 0 aliphatic carbocycles. The molecular weight excluding hydrogens is 264 g/mol. The number of rotatable bonds is 4. The van der Waals surface area contributed by atoms with Crippen molar-refractivity contribution in [2.75, 3.05) is 6.61 Å². The van der Waals surface area contributed by atoms with Crippen molar-refractivity contribution in [3.05, 3.63) is 59.1 Å².